The second-order valence-corrected chi connectivity index (χ2v) is 2.10. The van der Waals surface area contributed by atoms with E-state index in [-0.39, 0.29) is 5.76 Å². The molecule has 0 heterocycles. The van der Waals surface area contributed by atoms with Crippen LogP contribution in [0.3, 0.4) is 0 Å². The van der Waals surface area contributed by atoms with Crippen molar-refractivity contribution < 1.29 is 22.7 Å². The molecule has 0 saturated heterocycles. The number of carbonyl (C=O) groups excluding carboxylic acids is 1. The molecule has 2 nitrogen and oxygen atoms in total. The fourth-order valence-corrected chi connectivity index (χ4v) is 0.532. The van der Waals surface area contributed by atoms with Crippen molar-refractivity contribution in [3.05, 3.63) is 11.8 Å². The quantitative estimate of drug-likeness (QED) is 0.555. The first-order chi connectivity index (χ1) is 5.00. The lowest BCUT2D eigenvalue weighted by Gasteiger charge is -2.14. The minimum absolute atomic E-state index is 0.118. The highest BCUT2D eigenvalue weighted by atomic mass is 19.4. The summed E-state index contributed by atoms with van der Waals surface area (Å²) in [5.74, 6) is -2.02. The maximum Gasteiger partial charge on any atom is 0.491 e. The summed E-state index contributed by atoms with van der Waals surface area (Å²) in [6.07, 6.45) is -2.33. The summed E-state index contributed by atoms with van der Waals surface area (Å²) < 4.78 is 38.4. The first-order valence-corrected chi connectivity index (χ1v) is 2.98. The molecule has 0 unspecified atom stereocenters. The maximum absolute atomic E-state index is 11.5. The van der Waals surface area contributed by atoms with E-state index in [1.807, 2.05) is 0 Å². The number of hydrogen-bond donors (Lipinski definition) is 0. The lowest BCUT2D eigenvalue weighted by atomic mass is 10.1. The van der Waals surface area contributed by atoms with Crippen molar-refractivity contribution in [2.75, 3.05) is 0 Å². The Morgan fingerprint density at radius 3 is 2.36 bits per heavy atom. The van der Waals surface area contributed by atoms with Gasteiger partial charge in [0.2, 0.25) is 0 Å². The van der Waals surface area contributed by atoms with Crippen LogP contribution in [0.4, 0.5) is 13.2 Å². The van der Waals surface area contributed by atoms with Gasteiger partial charge in [-0.25, -0.2) is 4.79 Å². The standard InChI is InChI=1S/C6H5F3O2/c7-6(8,9)5(10)11-4-2-1-3-4/h2H,1,3H2. The second-order valence-electron chi connectivity index (χ2n) is 2.10. The Hall–Kier alpha value is -1.00. The number of allylic oxidation sites excluding steroid dienone is 2. The third-order valence-electron chi connectivity index (χ3n) is 1.22. The highest BCUT2D eigenvalue weighted by Crippen LogP contribution is 2.24. The number of rotatable bonds is 1. The molecule has 0 aliphatic heterocycles. The first kappa shape index (κ1) is 8.10. The van der Waals surface area contributed by atoms with Gasteiger partial charge in [-0.3, -0.25) is 0 Å². The summed E-state index contributed by atoms with van der Waals surface area (Å²) in [6, 6.07) is 0. The van der Waals surface area contributed by atoms with Gasteiger partial charge in [-0.15, -0.1) is 0 Å². The summed E-state index contributed by atoms with van der Waals surface area (Å²) in [5.41, 5.74) is 0. The molecule has 11 heavy (non-hydrogen) atoms. The predicted molar refractivity (Wildman–Crippen MR) is 29.5 cm³/mol. The molecular weight excluding hydrogens is 161 g/mol. The average Bonchev–Trinajstić information content (AvgIpc) is 1.75. The molecule has 5 heteroatoms. The molecule has 0 aromatic rings. The molecule has 0 bridgehead atoms. The van der Waals surface area contributed by atoms with Crippen molar-refractivity contribution in [2.24, 2.45) is 0 Å². The van der Waals surface area contributed by atoms with Gasteiger partial charge in [0.25, 0.3) is 0 Å². The van der Waals surface area contributed by atoms with Gasteiger partial charge < -0.3 is 4.74 Å². The molecular formula is C6H5F3O2. The van der Waals surface area contributed by atoms with Gasteiger partial charge in [-0.1, -0.05) is 0 Å². The Balaban J connectivity index is 2.43. The Kier molecular flexibility index (Phi) is 1.89. The van der Waals surface area contributed by atoms with Gasteiger partial charge in [-0.05, 0) is 12.5 Å². The van der Waals surface area contributed by atoms with E-state index >= 15 is 0 Å². The summed E-state index contributed by atoms with van der Waals surface area (Å²) >= 11 is 0. The molecule has 62 valence electrons. The van der Waals surface area contributed by atoms with Crippen molar-refractivity contribution in [1.82, 2.24) is 0 Å². The molecule has 0 spiro atoms. The number of hydrogen-bond acceptors (Lipinski definition) is 2. The van der Waals surface area contributed by atoms with Crippen molar-refractivity contribution in [2.45, 2.75) is 19.0 Å². The largest absolute Gasteiger partial charge is 0.491 e. The SMILES string of the molecule is O=C(OC1=CCC1)C(F)(F)F. The predicted octanol–water partition coefficient (Wildman–Crippen LogP) is 1.77. The Labute approximate surface area is 60.6 Å². The van der Waals surface area contributed by atoms with Crippen LogP contribution in [-0.4, -0.2) is 12.1 Å². The number of carbonyl (C=O) groups is 1. The zero-order valence-corrected chi connectivity index (χ0v) is 5.44. The van der Waals surface area contributed by atoms with Crippen LogP contribution < -0.4 is 0 Å². The smallest absolute Gasteiger partial charge is 0.425 e. The van der Waals surface area contributed by atoms with E-state index < -0.39 is 12.1 Å². The Bertz CT molecular complexity index is 204. The maximum atomic E-state index is 11.5. The molecule has 0 N–H and O–H groups in total. The fourth-order valence-electron chi connectivity index (χ4n) is 0.532. The molecule has 0 amide bonds. The highest BCUT2D eigenvalue weighted by molar-refractivity contribution is 5.76. The van der Waals surface area contributed by atoms with Crippen molar-refractivity contribution in [1.29, 1.82) is 0 Å². The second kappa shape index (κ2) is 2.56. The molecule has 0 aromatic carbocycles. The summed E-state index contributed by atoms with van der Waals surface area (Å²) in [5, 5.41) is 0. The van der Waals surface area contributed by atoms with Crippen LogP contribution in [0.15, 0.2) is 11.8 Å². The minimum Gasteiger partial charge on any atom is -0.425 e. The fraction of sp³-hybridized carbons (Fsp3) is 0.500. The average molecular weight is 166 g/mol. The minimum atomic E-state index is -4.88. The number of alkyl halides is 3. The number of esters is 1. The van der Waals surface area contributed by atoms with E-state index in [1.165, 1.54) is 6.08 Å². The van der Waals surface area contributed by atoms with Gasteiger partial charge in [0.05, 0.1) is 0 Å². The highest BCUT2D eigenvalue weighted by Gasteiger charge is 2.41. The Morgan fingerprint density at radius 1 is 1.55 bits per heavy atom. The van der Waals surface area contributed by atoms with E-state index in [0.29, 0.717) is 12.8 Å². The summed E-state index contributed by atoms with van der Waals surface area (Å²) in [4.78, 5) is 10.1. The molecule has 0 atom stereocenters. The van der Waals surface area contributed by atoms with E-state index in [4.69, 9.17) is 0 Å². The van der Waals surface area contributed by atoms with Gasteiger partial charge >= 0.3 is 12.1 Å². The third kappa shape index (κ3) is 1.96. The van der Waals surface area contributed by atoms with E-state index in [0.717, 1.165) is 0 Å². The zero-order chi connectivity index (χ0) is 8.48. The normalized spacial score (nSPS) is 16.8. The van der Waals surface area contributed by atoms with Crippen molar-refractivity contribution in [3.8, 4) is 0 Å². The molecule has 1 aliphatic rings. The monoisotopic (exact) mass is 166 g/mol. The van der Waals surface area contributed by atoms with Crippen LogP contribution in [0, 0.1) is 0 Å². The van der Waals surface area contributed by atoms with E-state index in [2.05, 4.69) is 4.74 Å². The lowest BCUT2D eigenvalue weighted by molar-refractivity contribution is -0.195. The summed E-state index contributed by atoms with van der Waals surface area (Å²) in [7, 11) is 0. The van der Waals surface area contributed by atoms with Crippen molar-refractivity contribution >= 4 is 5.97 Å². The lowest BCUT2D eigenvalue weighted by Crippen LogP contribution is -2.25. The number of halogens is 3. The van der Waals surface area contributed by atoms with Crippen LogP contribution >= 0.6 is 0 Å². The van der Waals surface area contributed by atoms with Crippen LogP contribution in [0.2, 0.25) is 0 Å². The molecule has 1 aliphatic carbocycles. The zero-order valence-electron chi connectivity index (χ0n) is 5.44. The summed E-state index contributed by atoms with van der Waals surface area (Å²) in [6.45, 7) is 0. The molecule has 0 saturated carbocycles. The molecule has 0 fully saturated rings. The Morgan fingerprint density at radius 2 is 2.09 bits per heavy atom. The van der Waals surface area contributed by atoms with Gasteiger partial charge in [-0.2, -0.15) is 13.2 Å². The van der Waals surface area contributed by atoms with Gasteiger partial charge in [0.15, 0.2) is 0 Å². The molecule has 1 rings (SSSR count). The van der Waals surface area contributed by atoms with Crippen LogP contribution in [0.5, 0.6) is 0 Å². The van der Waals surface area contributed by atoms with Crippen molar-refractivity contribution in [3.63, 3.8) is 0 Å². The van der Waals surface area contributed by atoms with E-state index in [1.54, 1.807) is 0 Å². The molecule has 0 aromatic heterocycles. The van der Waals surface area contributed by atoms with Crippen LogP contribution in [0.25, 0.3) is 0 Å². The van der Waals surface area contributed by atoms with Gasteiger partial charge in [0, 0.05) is 6.42 Å². The molecule has 0 radical (unpaired) electrons. The van der Waals surface area contributed by atoms with Crippen LogP contribution in [0.1, 0.15) is 12.8 Å². The van der Waals surface area contributed by atoms with Gasteiger partial charge in [0.1, 0.15) is 5.76 Å². The first-order valence-electron chi connectivity index (χ1n) is 2.98. The van der Waals surface area contributed by atoms with E-state index in [9.17, 15) is 18.0 Å². The number of ether oxygens (including phenoxy) is 1. The third-order valence-corrected chi connectivity index (χ3v) is 1.22. The van der Waals surface area contributed by atoms with Crippen LogP contribution in [-0.2, 0) is 9.53 Å². The topological polar surface area (TPSA) is 26.3 Å².